The molecule has 0 saturated carbocycles. The van der Waals surface area contributed by atoms with Gasteiger partial charge in [0.25, 0.3) is 0 Å². The molecule has 136 valence electrons. The van der Waals surface area contributed by atoms with Gasteiger partial charge in [0.15, 0.2) is 5.82 Å². The van der Waals surface area contributed by atoms with Gasteiger partial charge in [0, 0.05) is 18.5 Å². The fourth-order valence-corrected chi connectivity index (χ4v) is 4.24. The Bertz CT molecular complexity index is 830. The van der Waals surface area contributed by atoms with E-state index in [4.69, 9.17) is 4.52 Å². The van der Waals surface area contributed by atoms with Crippen molar-refractivity contribution in [2.75, 3.05) is 13.6 Å². The smallest absolute Gasteiger partial charge is 0.244 e. The molecule has 1 aromatic carbocycles. The van der Waals surface area contributed by atoms with E-state index in [-0.39, 0.29) is 22.9 Å². The maximum atomic E-state index is 12.6. The molecule has 0 spiro atoms. The first-order valence-electron chi connectivity index (χ1n) is 8.39. The molecule has 8 heteroatoms. The predicted octanol–water partition coefficient (Wildman–Crippen LogP) is 2.23. The number of benzene rings is 1. The zero-order valence-electron chi connectivity index (χ0n) is 14.9. The summed E-state index contributed by atoms with van der Waals surface area (Å²) in [6.45, 7) is 6.53. The van der Waals surface area contributed by atoms with Gasteiger partial charge in [-0.2, -0.15) is 4.98 Å². The monoisotopic (exact) mass is 364 g/mol. The van der Waals surface area contributed by atoms with Gasteiger partial charge in [-0.05, 0) is 32.5 Å². The van der Waals surface area contributed by atoms with E-state index in [2.05, 4.69) is 14.9 Å². The van der Waals surface area contributed by atoms with Crippen LogP contribution in [0.25, 0.3) is 0 Å². The summed E-state index contributed by atoms with van der Waals surface area (Å²) in [5.74, 6) is 1.41. The van der Waals surface area contributed by atoms with Crippen molar-refractivity contribution in [1.29, 1.82) is 0 Å². The molecule has 1 fully saturated rings. The quantitative estimate of drug-likeness (QED) is 0.875. The van der Waals surface area contributed by atoms with E-state index in [0.717, 1.165) is 5.56 Å². The van der Waals surface area contributed by atoms with Gasteiger partial charge in [-0.15, -0.1) is 0 Å². The maximum Gasteiger partial charge on any atom is 0.244 e. The minimum atomic E-state index is -3.54. The lowest BCUT2D eigenvalue weighted by molar-refractivity contribution is 0.244. The van der Waals surface area contributed by atoms with Crippen LogP contribution >= 0.6 is 0 Å². The molecular formula is C17H24N4O3S. The zero-order chi connectivity index (χ0) is 18.2. The molecule has 0 unspecified atom stereocenters. The Hall–Kier alpha value is -1.77. The van der Waals surface area contributed by atoms with Gasteiger partial charge in [0.05, 0.1) is 10.9 Å². The summed E-state index contributed by atoms with van der Waals surface area (Å²) in [6.07, 6.45) is 0.599. The van der Waals surface area contributed by atoms with Crippen LogP contribution in [-0.2, 0) is 10.0 Å². The van der Waals surface area contributed by atoms with Crippen LogP contribution in [0.15, 0.2) is 33.7 Å². The molecule has 1 N–H and O–H groups in total. The minimum Gasteiger partial charge on any atom is -0.338 e. The number of likely N-dealkylation sites (tertiary alicyclic amines) is 1. The van der Waals surface area contributed by atoms with Crippen molar-refractivity contribution in [3.63, 3.8) is 0 Å². The molecule has 0 aliphatic carbocycles. The van der Waals surface area contributed by atoms with Crippen molar-refractivity contribution in [3.8, 4) is 0 Å². The summed E-state index contributed by atoms with van der Waals surface area (Å²) in [7, 11) is -1.61. The lowest BCUT2D eigenvalue weighted by Crippen LogP contribution is -2.36. The average molecular weight is 364 g/mol. The van der Waals surface area contributed by atoms with Gasteiger partial charge >= 0.3 is 0 Å². The highest BCUT2D eigenvalue weighted by atomic mass is 32.2. The summed E-state index contributed by atoms with van der Waals surface area (Å²) in [6, 6.07) is 6.57. The number of rotatable bonds is 5. The van der Waals surface area contributed by atoms with Crippen molar-refractivity contribution in [1.82, 2.24) is 19.8 Å². The van der Waals surface area contributed by atoms with E-state index in [0.29, 0.717) is 24.7 Å². The van der Waals surface area contributed by atoms with E-state index in [1.54, 1.807) is 24.3 Å². The molecule has 2 heterocycles. The molecule has 0 amide bonds. The number of sulfonamides is 1. The molecule has 1 aliphatic heterocycles. The maximum absolute atomic E-state index is 12.6. The SMILES string of the molecule is Cc1ccc(S(=O)(=O)N[C@@H]2C[C@@H](c3nc(C(C)C)no3)N(C)C2)cc1. The number of nitrogens with one attached hydrogen (secondary N) is 1. The van der Waals surface area contributed by atoms with E-state index < -0.39 is 10.0 Å². The summed E-state index contributed by atoms with van der Waals surface area (Å²) < 4.78 is 33.3. The number of hydrogen-bond donors (Lipinski definition) is 1. The van der Waals surface area contributed by atoms with Crippen LogP contribution in [0.2, 0.25) is 0 Å². The highest BCUT2D eigenvalue weighted by Gasteiger charge is 2.36. The number of aryl methyl sites for hydroxylation is 1. The zero-order valence-corrected chi connectivity index (χ0v) is 15.7. The number of nitrogens with zero attached hydrogens (tertiary/aromatic N) is 3. The summed E-state index contributed by atoms with van der Waals surface area (Å²) >= 11 is 0. The fourth-order valence-electron chi connectivity index (χ4n) is 3.00. The van der Waals surface area contributed by atoms with Crippen LogP contribution in [0.4, 0.5) is 0 Å². The van der Waals surface area contributed by atoms with Crippen LogP contribution in [-0.4, -0.2) is 43.1 Å². The van der Waals surface area contributed by atoms with Crippen LogP contribution in [0, 0.1) is 6.92 Å². The lowest BCUT2D eigenvalue weighted by Gasteiger charge is -2.14. The van der Waals surface area contributed by atoms with E-state index in [1.807, 2.05) is 32.7 Å². The van der Waals surface area contributed by atoms with Crippen LogP contribution in [0.5, 0.6) is 0 Å². The predicted molar refractivity (Wildman–Crippen MR) is 93.7 cm³/mol. The Morgan fingerprint density at radius 3 is 2.56 bits per heavy atom. The second kappa shape index (κ2) is 6.86. The number of hydrogen-bond acceptors (Lipinski definition) is 6. The Balaban J connectivity index is 1.71. The molecule has 1 aromatic heterocycles. The van der Waals surface area contributed by atoms with Crippen LogP contribution in [0.3, 0.4) is 0 Å². The van der Waals surface area contributed by atoms with E-state index in [9.17, 15) is 8.42 Å². The first-order chi connectivity index (χ1) is 11.8. The minimum absolute atomic E-state index is 0.0780. The van der Waals surface area contributed by atoms with Gasteiger partial charge in [-0.3, -0.25) is 4.90 Å². The highest BCUT2D eigenvalue weighted by Crippen LogP contribution is 2.31. The molecule has 0 bridgehead atoms. The standard InChI is InChI=1S/C17H24N4O3S/c1-11(2)16-18-17(24-19-16)15-9-13(10-21(15)4)20-25(22,23)14-7-5-12(3)6-8-14/h5-8,11,13,15,20H,9-10H2,1-4H3/t13-,15+/m1/s1. The van der Waals surface area contributed by atoms with Gasteiger partial charge in [-0.1, -0.05) is 36.7 Å². The van der Waals surface area contributed by atoms with Crippen LogP contribution in [0.1, 0.15) is 49.5 Å². The summed E-state index contributed by atoms with van der Waals surface area (Å²) in [5.41, 5.74) is 1.02. The summed E-state index contributed by atoms with van der Waals surface area (Å²) in [4.78, 5) is 6.77. The Labute approximate surface area is 148 Å². The van der Waals surface area contributed by atoms with Crippen molar-refractivity contribution in [2.45, 2.75) is 50.1 Å². The summed E-state index contributed by atoms with van der Waals surface area (Å²) in [5, 5.41) is 4.00. The van der Waals surface area contributed by atoms with Gasteiger partial charge < -0.3 is 4.52 Å². The second-order valence-corrected chi connectivity index (χ2v) is 8.68. The van der Waals surface area contributed by atoms with Gasteiger partial charge in [-0.25, -0.2) is 13.1 Å². The third-order valence-corrected chi connectivity index (χ3v) is 6.00. The molecular weight excluding hydrogens is 340 g/mol. The number of likely N-dealkylation sites (N-methyl/N-ethyl adjacent to an activating group) is 1. The van der Waals surface area contributed by atoms with Crippen molar-refractivity contribution in [3.05, 3.63) is 41.5 Å². The first kappa shape index (κ1) is 18.0. The normalized spacial score (nSPS) is 22.0. The average Bonchev–Trinajstić information content (AvgIpc) is 3.14. The Kier molecular flexibility index (Phi) is 4.95. The van der Waals surface area contributed by atoms with E-state index in [1.165, 1.54) is 0 Å². The molecule has 2 atom stereocenters. The van der Waals surface area contributed by atoms with Crippen molar-refractivity contribution >= 4 is 10.0 Å². The largest absolute Gasteiger partial charge is 0.338 e. The molecule has 2 aromatic rings. The molecule has 0 radical (unpaired) electrons. The van der Waals surface area contributed by atoms with Crippen LogP contribution < -0.4 is 4.72 Å². The highest BCUT2D eigenvalue weighted by molar-refractivity contribution is 7.89. The molecule has 3 rings (SSSR count). The lowest BCUT2D eigenvalue weighted by atomic mass is 10.2. The number of aromatic nitrogens is 2. The molecule has 1 saturated heterocycles. The third kappa shape index (κ3) is 3.91. The van der Waals surface area contributed by atoms with Gasteiger partial charge in [0.2, 0.25) is 15.9 Å². The first-order valence-corrected chi connectivity index (χ1v) is 9.87. The van der Waals surface area contributed by atoms with Crippen molar-refractivity contribution in [2.24, 2.45) is 0 Å². The second-order valence-electron chi connectivity index (χ2n) is 6.97. The fraction of sp³-hybridized carbons (Fsp3) is 0.529. The molecule has 25 heavy (non-hydrogen) atoms. The van der Waals surface area contributed by atoms with Crippen molar-refractivity contribution < 1.29 is 12.9 Å². The van der Waals surface area contributed by atoms with E-state index >= 15 is 0 Å². The topological polar surface area (TPSA) is 88.3 Å². The Morgan fingerprint density at radius 2 is 1.96 bits per heavy atom. The molecule has 1 aliphatic rings. The van der Waals surface area contributed by atoms with Gasteiger partial charge in [0.1, 0.15) is 0 Å². The third-order valence-electron chi connectivity index (χ3n) is 4.46. The molecule has 7 nitrogen and oxygen atoms in total. The Morgan fingerprint density at radius 1 is 1.28 bits per heavy atom.